The summed E-state index contributed by atoms with van der Waals surface area (Å²) in [4.78, 5) is 1.31. The number of aromatic nitrogens is 1. The number of halogens is 1. The number of nitriles is 1. The Morgan fingerprint density at radius 3 is 2.83 bits per heavy atom. The van der Waals surface area contributed by atoms with Gasteiger partial charge in [0.2, 0.25) is 0 Å². The molecule has 0 bridgehead atoms. The lowest BCUT2D eigenvalue weighted by molar-refractivity contribution is 0.851. The van der Waals surface area contributed by atoms with Gasteiger partial charge in [-0.25, -0.2) is 0 Å². The fourth-order valence-electron chi connectivity index (χ4n) is 2.01. The minimum atomic E-state index is 0.708. The van der Waals surface area contributed by atoms with E-state index < -0.39 is 0 Å². The van der Waals surface area contributed by atoms with Crippen LogP contribution in [0.5, 0.6) is 0 Å². The second-order valence-electron chi connectivity index (χ2n) is 4.03. The Kier molecular flexibility index (Phi) is 2.94. The van der Waals surface area contributed by atoms with Crippen molar-refractivity contribution in [2.75, 3.05) is 0 Å². The minimum Gasteiger partial charge on any atom is -0.342 e. The second-order valence-corrected chi connectivity index (χ2v) is 6.58. The van der Waals surface area contributed by atoms with E-state index in [1.807, 2.05) is 18.2 Å². The molecule has 0 N–H and O–H groups in total. The van der Waals surface area contributed by atoms with Crippen LogP contribution < -0.4 is 0 Å². The van der Waals surface area contributed by atoms with Crippen LogP contribution in [0.1, 0.15) is 10.4 Å². The Labute approximate surface area is 117 Å². The van der Waals surface area contributed by atoms with E-state index in [1.165, 1.54) is 10.4 Å². The number of thiophene rings is 1. The van der Waals surface area contributed by atoms with Crippen LogP contribution >= 0.6 is 27.3 Å². The Balaban J connectivity index is 2.00. The van der Waals surface area contributed by atoms with Crippen LogP contribution in [0.4, 0.5) is 0 Å². The molecule has 0 fully saturated rings. The molecule has 3 rings (SSSR count). The van der Waals surface area contributed by atoms with E-state index in [0.29, 0.717) is 5.56 Å². The third-order valence-electron chi connectivity index (χ3n) is 2.86. The van der Waals surface area contributed by atoms with Crippen molar-refractivity contribution >= 4 is 38.2 Å². The summed E-state index contributed by atoms with van der Waals surface area (Å²) in [6.07, 6.45) is 2.07. The van der Waals surface area contributed by atoms with Crippen molar-refractivity contribution in [3.63, 3.8) is 0 Å². The van der Waals surface area contributed by atoms with Gasteiger partial charge in [0.15, 0.2) is 0 Å². The highest BCUT2D eigenvalue weighted by atomic mass is 79.9. The molecule has 4 heteroatoms. The van der Waals surface area contributed by atoms with Crippen molar-refractivity contribution < 1.29 is 0 Å². The normalized spacial score (nSPS) is 10.7. The van der Waals surface area contributed by atoms with Crippen LogP contribution in [0.15, 0.2) is 46.4 Å². The molecular formula is C14H9BrN2S. The maximum Gasteiger partial charge on any atom is 0.0991 e. The van der Waals surface area contributed by atoms with Crippen molar-refractivity contribution in [3.8, 4) is 6.07 Å². The average molecular weight is 317 g/mol. The molecule has 2 nitrogen and oxygen atoms in total. The van der Waals surface area contributed by atoms with Gasteiger partial charge in [-0.3, -0.25) is 0 Å². The summed E-state index contributed by atoms with van der Waals surface area (Å²) in [7, 11) is 0. The van der Waals surface area contributed by atoms with E-state index in [4.69, 9.17) is 5.26 Å². The zero-order valence-electron chi connectivity index (χ0n) is 9.43. The molecule has 18 heavy (non-hydrogen) atoms. The molecule has 2 heterocycles. The fraction of sp³-hybridized carbons (Fsp3) is 0.0714. The van der Waals surface area contributed by atoms with Crippen molar-refractivity contribution in [3.05, 3.63) is 56.8 Å². The lowest BCUT2D eigenvalue weighted by Gasteiger charge is -2.03. The van der Waals surface area contributed by atoms with Gasteiger partial charge in [-0.05, 0) is 52.3 Å². The fourth-order valence-corrected chi connectivity index (χ4v) is 3.49. The van der Waals surface area contributed by atoms with E-state index in [0.717, 1.165) is 15.7 Å². The standard InChI is InChI=1S/C14H9BrN2S/c15-14-4-2-12(18-14)9-17-6-5-11-7-10(8-16)1-3-13(11)17/h1-7H,9H2. The maximum absolute atomic E-state index is 8.88. The van der Waals surface area contributed by atoms with Gasteiger partial charge >= 0.3 is 0 Å². The number of nitrogens with zero attached hydrogens (tertiary/aromatic N) is 2. The third kappa shape index (κ3) is 2.07. The highest BCUT2D eigenvalue weighted by Crippen LogP contribution is 2.25. The van der Waals surface area contributed by atoms with Crippen LogP contribution in [0.25, 0.3) is 10.9 Å². The molecule has 0 spiro atoms. The third-order valence-corrected chi connectivity index (χ3v) is 4.46. The molecule has 1 aromatic carbocycles. The summed E-state index contributed by atoms with van der Waals surface area (Å²) >= 11 is 5.22. The van der Waals surface area contributed by atoms with Crippen LogP contribution in [0, 0.1) is 11.3 Å². The van der Waals surface area contributed by atoms with Gasteiger partial charge in [0.05, 0.1) is 22.0 Å². The molecule has 0 amide bonds. The lowest BCUT2D eigenvalue weighted by atomic mass is 10.2. The molecule has 3 aromatic rings. The average Bonchev–Trinajstić information content (AvgIpc) is 2.96. The maximum atomic E-state index is 8.88. The topological polar surface area (TPSA) is 28.7 Å². The smallest absolute Gasteiger partial charge is 0.0991 e. The van der Waals surface area contributed by atoms with E-state index in [2.05, 4.69) is 51.0 Å². The number of hydrogen-bond acceptors (Lipinski definition) is 2. The van der Waals surface area contributed by atoms with Crippen LogP contribution in [-0.4, -0.2) is 4.57 Å². The number of benzene rings is 1. The molecule has 2 aromatic heterocycles. The molecule has 0 aliphatic heterocycles. The Hall–Kier alpha value is -1.57. The molecule has 0 atom stereocenters. The van der Waals surface area contributed by atoms with Gasteiger partial charge < -0.3 is 4.57 Å². The quantitative estimate of drug-likeness (QED) is 0.689. The Morgan fingerprint density at radius 1 is 1.22 bits per heavy atom. The largest absolute Gasteiger partial charge is 0.342 e. The Bertz CT molecular complexity index is 749. The van der Waals surface area contributed by atoms with E-state index in [1.54, 1.807) is 11.3 Å². The predicted molar refractivity (Wildman–Crippen MR) is 77.8 cm³/mol. The van der Waals surface area contributed by atoms with Gasteiger partial charge in [0.1, 0.15) is 0 Å². The van der Waals surface area contributed by atoms with Gasteiger partial charge in [0.25, 0.3) is 0 Å². The number of rotatable bonds is 2. The first-order valence-electron chi connectivity index (χ1n) is 5.49. The van der Waals surface area contributed by atoms with Gasteiger partial charge in [0, 0.05) is 22.0 Å². The first-order chi connectivity index (χ1) is 8.76. The summed E-state index contributed by atoms with van der Waals surface area (Å²) in [5.74, 6) is 0. The molecule has 0 unspecified atom stereocenters. The van der Waals surface area contributed by atoms with E-state index >= 15 is 0 Å². The molecule has 0 saturated heterocycles. The van der Waals surface area contributed by atoms with Gasteiger partial charge in [-0.15, -0.1) is 11.3 Å². The molecular weight excluding hydrogens is 308 g/mol. The first kappa shape index (κ1) is 11.5. The van der Waals surface area contributed by atoms with Crippen molar-refractivity contribution in [2.45, 2.75) is 6.54 Å². The summed E-state index contributed by atoms with van der Waals surface area (Å²) in [5, 5.41) is 10.00. The zero-order valence-corrected chi connectivity index (χ0v) is 11.8. The van der Waals surface area contributed by atoms with E-state index in [-0.39, 0.29) is 0 Å². The van der Waals surface area contributed by atoms with Gasteiger partial charge in [-0.1, -0.05) is 0 Å². The second kappa shape index (κ2) is 4.60. The summed E-state index contributed by atoms with van der Waals surface area (Å²) in [6.45, 7) is 0.867. The predicted octanol–water partition coefficient (Wildman–Crippen LogP) is 4.39. The molecule has 0 saturated carbocycles. The van der Waals surface area contributed by atoms with Crippen molar-refractivity contribution in [1.82, 2.24) is 4.57 Å². The SMILES string of the molecule is N#Cc1ccc2c(ccn2Cc2ccc(Br)s2)c1. The number of hydrogen-bond donors (Lipinski definition) is 0. The first-order valence-corrected chi connectivity index (χ1v) is 7.10. The van der Waals surface area contributed by atoms with Crippen LogP contribution in [0.3, 0.4) is 0 Å². The monoisotopic (exact) mass is 316 g/mol. The summed E-state index contributed by atoms with van der Waals surface area (Å²) < 4.78 is 3.36. The zero-order chi connectivity index (χ0) is 12.5. The molecule has 0 aliphatic carbocycles. The van der Waals surface area contributed by atoms with Gasteiger partial charge in [-0.2, -0.15) is 5.26 Å². The Morgan fingerprint density at radius 2 is 2.11 bits per heavy atom. The number of fused-ring (bicyclic) bond motifs is 1. The van der Waals surface area contributed by atoms with E-state index in [9.17, 15) is 0 Å². The summed E-state index contributed by atoms with van der Waals surface area (Å²) in [6, 6.07) is 14.2. The molecule has 0 aliphatic rings. The molecule has 0 radical (unpaired) electrons. The summed E-state index contributed by atoms with van der Waals surface area (Å²) in [5.41, 5.74) is 1.87. The van der Waals surface area contributed by atoms with Crippen LogP contribution in [-0.2, 0) is 6.54 Å². The van der Waals surface area contributed by atoms with Crippen LogP contribution in [0.2, 0.25) is 0 Å². The van der Waals surface area contributed by atoms with Crippen molar-refractivity contribution in [2.24, 2.45) is 0 Å². The highest BCUT2D eigenvalue weighted by Gasteiger charge is 2.04. The van der Waals surface area contributed by atoms with Crippen molar-refractivity contribution in [1.29, 1.82) is 5.26 Å². The lowest BCUT2D eigenvalue weighted by Crippen LogP contribution is -1.95. The molecule has 88 valence electrons. The minimum absolute atomic E-state index is 0.708. The highest BCUT2D eigenvalue weighted by molar-refractivity contribution is 9.11.